The van der Waals surface area contributed by atoms with E-state index in [1.54, 1.807) is 0 Å². The fourth-order valence-electron chi connectivity index (χ4n) is 3.86. The zero-order valence-corrected chi connectivity index (χ0v) is 20.9. The molecule has 0 amide bonds. The zero-order chi connectivity index (χ0) is 20.0. The van der Waals surface area contributed by atoms with E-state index in [9.17, 15) is 4.79 Å². The van der Waals surface area contributed by atoms with Crippen molar-refractivity contribution in [3.8, 4) is 0 Å². The first-order valence-corrected chi connectivity index (χ1v) is 19.1. The van der Waals surface area contributed by atoms with Crippen LogP contribution >= 0.6 is 0 Å². The van der Waals surface area contributed by atoms with Crippen LogP contribution in [0.3, 0.4) is 0 Å². The van der Waals surface area contributed by atoms with Crippen LogP contribution in [0.15, 0.2) is 35.9 Å². The van der Waals surface area contributed by atoms with Crippen molar-refractivity contribution in [2.24, 2.45) is 0 Å². The predicted octanol–water partition coefficient (Wildman–Crippen LogP) is 7.48. The van der Waals surface area contributed by atoms with Gasteiger partial charge in [-0.3, -0.25) is 0 Å². The molecule has 0 saturated heterocycles. The van der Waals surface area contributed by atoms with Crippen LogP contribution in [-0.2, 0) is 9.53 Å². The Morgan fingerprint density at radius 3 is 1.85 bits per heavy atom. The molecule has 1 aromatic rings. The van der Waals surface area contributed by atoms with E-state index in [-0.39, 0.29) is 5.97 Å². The van der Waals surface area contributed by atoms with E-state index >= 15 is 0 Å². The van der Waals surface area contributed by atoms with Gasteiger partial charge in [-0.15, -0.1) is 0 Å². The molecule has 152 valence electrons. The molecule has 0 radical (unpaired) electrons. The topological polar surface area (TPSA) is 26.3 Å². The molecular formula is C24H40O2Sn. The maximum absolute atomic E-state index is 12.8. The molecule has 3 heteroatoms. The number of hydrogen-bond acceptors (Lipinski definition) is 2. The van der Waals surface area contributed by atoms with Crippen LogP contribution in [0.25, 0.3) is 6.08 Å². The van der Waals surface area contributed by atoms with Crippen molar-refractivity contribution < 1.29 is 9.53 Å². The van der Waals surface area contributed by atoms with Crippen molar-refractivity contribution in [1.29, 1.82) is 0 Å². The molecule has 27 heavy (non-hydrogen) atoms. The first-order valence-electron chi connectivity index (χ1n) is 11.0. The van der Waals surface area contributed by atoms with Crippen LogP contribution in [0.1, 0.15) is 71.8 Å². The van der Waals surface area contributed by atoms with Gasteiger partial charge in [-0.05, 0) is 0 Å². The Morgan fingerprint density at radius 1 is 0.889 bits per heavy atom. The molecule has 0 N–H and O–H groups in total. The van der Waals surface area contributed by atoms with Crippen LogP contribution in [0.2, 0.25) is 17.7 Å². The summed E-state index contributed by atoms with van der Waals surface area (Å²) in [4.78, 5) is 12.8. The van der Waals surface area contributed by atoms with Crippen LogP contribution in [-0.4, -0.2) is 31.0 Å². The van der Waals surface area contributed by atoms with Crippen molar-refractivity contribution in [3.05, 3.63) is 41.5 Å². The van der Waals surface area contributed by atoms with Gasteiger partial charge < -0.3 is 0 Å². The van der Waals surface area contributed by atoms with E-state index < -0.39 is 18.4 Å². The van der Waals surface area contributed by atoms with E-state index in [0.717, 1.165) is 15.6 Å². The molecule has 0 aliphatic heterocycles. The van der Waals surface area contributed by atoms with Crippen molar-refractivity contribution in [3.63, 3.8) is 0 Å². The van der Waals surface area contributed by atoms with E-state index in [4.69, 9.17) is 4.74 Å². The van der Waals surface area contributed by atoms with Crippen molar-refractivity contribution >= 4 is 30.4 Å². The van der Waals surface area contributed by atoms with Gasteiger partial charge in [-0.25, -0.2) is 0 Å². The molecule has 0 fully saturated rings. The minimum atomic E-state index is -2.43. The third-order valence-corrected chi connectivity index (χ3v) is 20.8. The second-order valence-corrected chi connectivity index (χ2v) is 21.6. The average Bonchev–Trinajstić information content (AvgIpc) is 2.69. The normalized spacial score (nSPS) is 12.2. The number of carbonyl (C=O) groups is 1. The molecule has 0 aromatic heterocycles. The van der Waals surface area contributed by atoms with Crippen molar-refractivity contribution in [2.45, 2.75) is 84.0 Å². The molecule has 0 atom stereocenters. The summed E-state index contributed by atoms with van der Waals surface area (Å²) in [5, 5.41) is 0. The molecule has 0 bridgehead atoms. The first kappa shape index (κ1) is 24.3. The maximum atomic E-state index is 12.8. The first-order chi connectivity index (χ1) is 13.1. The predicted molar refractivity (Wildman–Crippen MR) is 121 cm³/mol. The second-order valence-electron chi connectivity index (χ2n) is 7.79. The van der Waals surface area contributed by atoms with Gasteiger partial charge >= 0.3 is 172 Å². The summed E-state index contributed by atoms with van der Waals surface area (Å²) in [6.07, 6.45) is 9.85. The molecule has 1 aromatic carbocycles. The summed E-state index contributed by atoms with van der Waals surface area (Å²) >= 11 is -2.43. The molecule has 0 aliphatic rings. The summed E-state index contributed by atoms with van der Waals surface area (Å²) in [6.45, 7) is 9.24. The Hall–Kier alpha value is -0.771. The van der Waals surface area contributed by atoms with Crippen molar-refractivity contribution in [2.75, 3.05) is 6.61 Å². The number of carbonyl (C=O) groups excluding carboxylic acids is 1. The van der Waals surface area contributed by atoms with Crippen LogP contribution in [0, 0.1) is 0 Å². The third-order valence-electron chi connectivity index (χ3n) is 5.43. The summed E-state index contributed by atoms with van der Waals surface area (Å²) in [6, 6.07) is 10.3. The Kier molecular flexibility index (Phi) is 12.8. The van der Waals surface area contributed by atoms with Gasteiger partial charge in [0, 0.05) is 0 Å². The molecule has 0 unspecified atom stereocenters. The number of ether oxygens (including phenoxy) is 1. The molecular weight excluding hydrogens is 439 g/mol. The molecule has 0 aliphatic carbocycles. The van der Waals surface area contributed by atoms with E-state index in [0.29, 0.717) is 6.61 Å². The van der Waals surface area contributed by atoms with Crippen LogP contribution < -0.4 is 0 Å². The van der Waals surface area contributed by atoms with Crippen LogP contribution in [0.4, 0.5) is 0 Å². The van der Waals surface area contributed by atoms with Gasteiger partial charge in [-0.1, -0.05) is 0 Å². The average molecular weight is 479 g/mol. The van der Waals surface area contributed by atoms with Gasteiger partial charge in [-0.2, -0.15) is 0 Å². The van der Waals surface area contributed by atoms with E-state index in [1.165, 1.54) is 51.8 Å². The monoisotopic (exact) mass is 480 g/mol. The zero-order valence-electron chi connectivity index (χ0n) is 18.1. The van der Waals surface area contributed by atoms with Gasteiger partial charge in [0.1, 0.15) is 0 Å². The Labute approximate surface area is 171 Å². The summed E-state index contributed by atoms with van der Waals surface area (Å²) in [7, 11) is 0. The number of unbranched alkanes of at least 4 members (excludes halogenated alkanes) is 3. The molecule has 0 saturated carbocycles. The van der Waals surface area contributed by atoms with Crippen molar-refractivity contribution in [1.82, 2.24) is 0 Å². The standard InChI is InChI=1S/C12H13O2.3C4H9.Sn/c1-3-14-12(13)10(2)9-11-7-5-4-6-8-11;3*1-3-4-2;/h4-9H,2-3H2,1H3;3*1,3-4H2,2H3;/b10-9+;;;;. The fourth-order valence-corrected chi connectivity index (χ4v) is 20.0. The van der Waals surface area contributed by atoms with Gasteiger partial charge in [0.25, 0.3) is 0 Å². The Bertz CT molecular complexity index is 529. The summed E-state index contributed by atoms with van der Waals surface area (Å²) in [5.74, 6) is -0.0908. The third kappa shape index (κ3) is 9.31. The quantitative estimate of drug-likeness (QED) is 0.157. The minimum absolute atomic E-state index is 0.0908. The second kappa shape index (κ2) is 14.3. The molecule has 0 heterocycles. The van der Waals surface area contributed by atoms with Crippen LogP contribution in [0.5, 0.6) is 0 Å². The Balaban J connectivity index is 3.19. The molecule has 0 spiro atoms. The number of hydrogen-bond donors (Lipinski definition) is 0. The fraction of sp³-hybridized carbons (Fsp3) is 0.625. The summed E-state index contributed by atoms with van der Waals surface area (Å²) in [5.41, 5.74) is 2.05. The van der Waals surface area contributed by atoms with Gasteiger partial charge in [0.15, 0.2) is 0 Å². The molecule has 1 rings (SSSR count). The van der Waals surface area contributed by atoms with Gasteiger partial charge in [0.2, 0.25) is 0 Å². The summed E-state index contributed by atoms with van der Waals surface area (Å²) < 4.78 is 10.7. The SMILES string of the molecule is CCC[CH2][Sn]([CH2]CCC)([CH2]CCC)[CH2]/C(=C\c1ccccc1)C(=O)OCC. The van der Waals surface area contributed by atoms with E-state index in [2.05, 4.69) is 39.0 Å². The number of benzene rings is 1. The van der Waals surface area contributed by atoms with E-state index in [1.807, 2.05) is 25.1 Å². The Morgan fingerprint density at radius 2 is 1.41 bits per heavy atom. The number of esters is 1. The molecule has 2 nitrogen and oxygen atoms in total. The van der Waals surface area contributed by atoms with Gasteiger partial charge in [0.05, 0.1) is 0 Å². The number of rotatable bonds is 14.